The summed E-state index contributed by atoms with van der Waals surface area (Å²) in [6.45, 7) is 21.2. The molecule has 6 rings (SSSR count). The molecule has 0 aromatic heterocycles. The van der Waals surface area contributed by atoms with E-state index in [1.165, 1.54) is 33.4 Å². The largest absolute Gasteiger partial charge is 0.457 e. The monoisotopic (exact) mass is 810 g/mol. The molecule has 3 nitrogen and oxygen atoms in total. The lowest BCUT2D eigenvalue weighted by Gasteiger charge is -2.12. The summed E-state index contributed by atoms with van der Waals surface area (Å²) in [5, 5.41) is 1.93. The van der Waals surface area contributed by atoms with Crippen LogP contribution in [0.2, 0.25) is 15.1 Å². The first kappa shape index (κ1) is 46.0. The molecule has 56 heavy (non-hydrogen) atoms. The Labute approximate surface area is 351 Å². The van der Waals surface area contributed by atoms with Gasteiger partial charge in [0.2, 0.25) is 0 Å². The SMILES string of the molecule is C.Cc1ccc(Oc2cc(C(C)C)ccc2Cl)cc1C.Cc1ccc(Oc2cc(C(C)C)ccc2Cl)cc1Cl.Cc1ccc(Oc2ccc(C(C)C)cc2)cc1. The fraction of sp³-hybridized carbons (Fsp3) is 0.280. The lowest BCUT2D eigenvalue weighted by Crippen LogP contribution is -1.91. The van der Waals surface area contributed by atoms with Crippen molar-refractivity contribution < 1.29 is 14.2 Å². The summed E-state index contributed by atoms with van der Waals surface area (Å²) in [7, 11) is 0. The van der Waals surface area contributed by atoms with Gasteiger partial charge in [-0.15, -0.1) is 0 Å². The van der Waals surface area contributed by atoms with Gasteiger partial charge in [-0.3, -0.25) is 0 Å². The van der Waals surface area contributed by atoms with E-state index >= 15 is 0 Å². The number of hydrogen-bond donors (Lipinski definition) is 0. The van der Waals surface area contributed by atoms with Crippen LogP contribution in [0.15, 0.2) is 121 Å². The molecule has 0 unspecified atom stereocenters. The van der Waals surface area contributed by atoms with E-state index in [1.807, 2.05) is 91.9 Å². The molecule has 0 heterocycles. The van der Waals surface area contributed by atoms with E-state index in [9.17, 15) is 0 Å². The second-order valence-corrected chi connectivity index (χ2v) is 15.9. The summed E-state index contributed by atoms with van der Waals surface area (Å²) >= 11 is 18.4. The average Bonchev–Trinajstić information content (AvgIpc) is 3.15. The number of hydrogen-bond acceptors (Lipinski definition) is 3. The lowest BCUT2D eigenvalue weighted by atomic mass is 10.0. The van der Waals surface area contributed by atoms with Crippen LogP contribution in [0.1, 0.15) is 106 Å². The van der Waals surface area contributed by atoms with Gasteiger partial charge in [-0.05, 0) is 152 Å². The van der Waals surface area contributed by atoms with Gasteiger partial charge in [0.25, 0.3) is 0 Å². The minimum atomic E-state index is 0. The molecule has 0 aliphatic rings. The average molecular weight is 812 g/mol. The zero-order valence-electron chi connectivity index (χ0n) is 33.6. The Bertz CT molecular complexity index is 2030. The Kier molecular flexibility index (Phi) is 17.9. The number of rotatable bonds is 9. The maximum Gasteiger partial charge on any atom is 0.146 e. The molecular formula is C50H57Cl3O3. The quantitative estimate of drug-likeness (QED) is 0.146. The molecule has 0 aliphatic heterocycles. The second kappa shape index (κ2) is 21.8. The molecule has 0 aliphatic carbocycles. The van der Waals surface area contributed by atoms with Gasteiger partial charge in [0, 0.05) is 5.02 Å². The first-order valence-electron chi connectivity index (χ1n) is 18.7. The second-order valence-electron chi connectivity index (χ2n) is 14.7. The smallest absolute Gasteiger partial charge is 0.146 e. The molecule has 6 aromatic rings. The van der Waals surface area contributed by atoms with E-state index in [0.29, 0.717) is 44.3 Å². The highest BCUT2D eigenvalue weighted by atomic mass is 35.5. The zero-order chi connectivity index (χ0) is 40.2. The van der Waals surface area contributed by atoms with Crippen molar-refractivity contribution in [1.29, 1.82) is 0 Å². The third-order valence-corrected chi connectivity index (χ3v) is 10.2. The Hall–Kier alpha value is -4.41. The summed E-state index contributed by atoms with van der Waals surface area (Å²) in [6, 6.07) is 39.9. The van der Waals surface area contributed by atoms with E-state index < -0.39 is 0 Å². The van der Waals surface area contributed by atoms with Crippen molar-refractivity contribution in [3.05, 3.63) is 175 Å². The number of halogens is 3. The molecule has 0 N–H and O–H groups in total. The molecule has 296 valence electrons. The first-order valence-corrected chi connectivity index (χ1v) is 19.9. The third-order valence-electron chi connectivity index (χ3n) is 9.12. The molecule has 0 bridgehead atoms. The molecule has 0 spiro atoms. The number of aryl methyl sites for hydroxylation is 4. The normalized spacial score (nSPS) is 10.6. The van der Waals surface area contributed by atoms with Gasteiger partial charge in [-0.1, -0.05) is 138 Å². The molecule has 6 heteroatoms. The molecular weight excluding hydrogens is 755 g/mol. The summed E-state index contributed by atoms with van der Waals surface area (Å²) in [5.74, 6) is 6.11. The van der Waals surface area contributed by atoms with E-state index in [-0.39, 0.29) is 7.43 Å². The van der Waals surface area contributed by atoms with Gasteiger partial charge >= 0.3 is 0 Å². The van der Waals surface area contributed by atoms with Gasteiger partial charge in [-0.2, -0.15) is 0 Å². The molecule has 0 amide bonds. The molecule has 6 aromatic carbocycles. The predicted octanol–water partition coefficient (Wildman–Crippen LogP) is 17.6. The summed E-state index contributed by atoms with van der Waals surface area (Å²) in [4.78, 5) is 0. The van der Waals surface area contributed by atoms with Gasteiger partial charge in [-0.25, -0.2) is 0 Å². The van der Waals surface area contributed by atoms with Crippen LogP contribution in [0.5, 0.6) is 34.5 Å². The van der Waals surface area contributed by atoms with E-state index in [2.05, 4.69) is 92.6 Å². The van der Waals surface area contributed by atoms with Crippen LogP contribution in [0.3, 0.4) is 0 Å². The van der Waals surface area contributed by atoms with E-state index in [1.54, 1.807) is 6.07 Å². The van der Waals surface area contributed by atoms with E-state index in [4.69, 9.17) is 49.0 Å². The van der Waals surface area contributed by atoms with Crippen LogP contribution in [-0.2, 0) is 0 Å². The van der Waals surface area contributed by atoms with Gasteiger partial charge < -0.3 is 14.2 Å². The van der Waals surface area contributed by atoms with E-state index in [0.717, 1.165) is 28.6 Å². The van der Waals surface area contributed by atoms with Crippen molar-refractivity contribution in [2.45, 2.75) is 94.4 Å². The zero-order valence-corrected chi connectivity index (χ0v) is 35.9. The summed E-state index contributed by atoms with van der Waals surface area (Å²) < 4.78 is 17.5. The minimum absolute atomic E-state index is 0. The predicted molar refractivity (Wildman–Crippen MR) is 242 cm³/mol. The maximum atomic E-state index is 6.20. The van der Waals surface area contributed by atoms with Crippen molar-refractivity contribution in [2.24, 2.45) is 0 Å². The Morgan fingerprint density at radius 3 is 1.18 bits per heavy atom. The topological polar surface area (TPSA) is 27.7 Å². The van der Waals surface area contributed by atoms with Gasteiger partial charge in [0.15, 0.2) is 0 Å². The van der Waals surface area contributed by atoms with Crippen molar-refractivity contribution >= 4 is 34.8 Å². The standard InChI is InChI=1S/C17H19ClO.C16H16Cl2O.C16H18O.CH4/c1-11(2)14-6-8-16(18)17(10-14)19-15-7-5-12(3)13(4)9-15;1-10(2)12-5-7-14(17)16(8-12)19-13-6-4-11(3)15(18)9-13;1-12(2)14-6-10-16(11-7-14)17-15-8-4-13(3)5-9-15;/h5-11H,1-4H3;4-10H,1-3H3;4-12H,1-3H3;1H4. The lowest BCUT2D eigenvalue weighted by molar-refractivity contribution is 0.481. The Morgan fingerprint density at radius 2 is 0.750 bits per heavy atom. The Balaban J connectivity index is 0.000000224. The summed E-state index contributed by atoms with van der Waals surface area (Å²) in [5.41, 5.74) is 8.49. The number of benzene rings is 6. The minimum Gasteiger partial charge on any atom is -0.457 e. The Morgan fingerprint density at radius 1 is 0.357 bits per heavy atom. The van der Waals surface area contributed by atoms with Gasteiger partial charge in [0.05, 0.1) is 10.0 Å². The van der Waals surface area contributed by atoms with Crippen LogP contribution in [0.25, 0.3) is 0 Å². The third kappa shape index (κ3) is 14.0. The van der Waals surface area contributed by atoms with Crippen LogP contribution in [0.4, 0.5) is 0 Å². The van der Waals surface area contributed by atoms with Crippen molar-refractivity contribution in [3.63, 3.8) is 0 Å². The van der Waals surface area contributed by atoms with Crippen molar-refractivity contribution in [2.75, 3.05) is 0 Å². The molecule has 0 fully saturated rings. The molecule has 0 atom stereocenters. The molecule has 0 radical (unpaired) electrons. The van der Waals surface area contributed by atoms with Crippen LogP contribution < -0.4 is 14.2 Å². The fourth-order valence-electron chi connectivity index (χ4n) is 5.25. The van der Waals surface area contributed by atoms with Crippen LogP contribution in [-0.4, -0.2) is 0 Å². The van der Waals surface area contributed by atoms with Crippen molar-refractivity contribution in [3.8, 4) is 34.5 Å². The van der Waals surface area contributed by atoms with Crippen LogP contribution in [0, 0.1) is 27.7 Å². The highest BCUT2D eigenvalue weighted by molar-refractivity contribution is 6.32. The summed E-state index contributed by atoms with van der Waals surface area (Å²) in [6.07, 6.45) is 0. The van der Waals surface area contributed by atoms with Crippen molar-refractivity contribution in [1.82, 2.24) is 0 Å². The first-order chi connectivity index (χ1) is 26.1. The molecule has 0 saturated heterocycles. The fourth-order valence-corrected chi connectivity index (χ4v) is 5.73. The maximum absolute atomic E-state index is 6.20. The number of ether oxygens (including phenoxy) is 3. The van der Waals surface area contributed by atoms with Gasteiger partial charge in [0.1, 0.15) is 34.5 Å². The molecule has 0 saturated carbocycles. The van der Waals surface area contributed by atoms with Crippen LogP contribution >= 0.6 is 34.8 Å². The highest BCUT2D eigenvalue weighted by Gasteiger charge is 2.10. The highest BCUT2D eigenvalue weighted by Crippen LogP contribution is 2.35.